The fraction of sp³-hybridized carbons (Fsp3) is 0.0714. The molecule has 2 aromatic rings. The minimum atomic E-state index is -4.52. The molecule has 0 aliphatic rings. The number of carbonyl (C=O) groups excluding carboxylic acids is 1. The van der Waals surface area contributed by atoms with E-state index in [4.69, 9.17) is 5.11 Å². The van der Waals surface area contributed by atoms with E-state index in [2.05, 4.69) is 5.32 Å². The third-order valence-electron chi connectivity index (χ3n) is 2.84. The number of aliphatic hydroxyl groups excluding tert-OH is 1. The van der Waals surface area contributed by atoms with Gasteiger partial charge in [0.25, 0.3) is 10.1 Å². The SMILES string of the molecule is O=C(c1ccccc1)c1cccc(S(=O)(=O)O)c1NCO. The summed E-state index contributed by atoms with van der Waals surface area (Å²) in [5, 5.41) is 11.4. The van der Waals surface area contributed by atoms with Crippen LogP contribution in [0.2, 0.25) is 0 Å². The van der Waals surface area contributed by atoms with Gasteiger partial charge in [0.05, 0.1) is 5.69 Å². The predicted molar refractivity (Wildman–Crippen MR) is 76.8 cm³/mol. The second-order valence-corrected chi connectivity index (χ2v) is 5.57. The average molecular weight is 307 g/mol. The predicted octanol–water partition coefficient (Wildman–Crippen LogP) is 1.53. The van der Waals surface area contributed by atoms with Gasteiger partial charge in [0.1, 0.15) is 11.6 Å². The number of rotatable bonds is 5. The normalized spacial score (nSPS) is 11.1. The molecule has 0 heterocycles. The van der Waals surface area contributed by atoms with E-state index in [9.17, 15) is 17.8 Å². The van der Waals surface area contributed by atoms with Gasteiger partial charge in [0.2, 0.25) is 0 Å². The Hall–Kier alpha value is -2.22. The van der Waals surface area contributed by atoms with Crippen molar-refractivity contribution in [1.82, 2.24) is 0 Å². The van der Waals surface area contributed by atoms with Crippen LogP contribution in [0.4, 0.5) is 5.69 Å². The van der Waals surface area contributed by atoms with E-state index in [1.807, 2.05) is 0 Å². The van der Waals surface area contributed by atoms with Crippen LogP contribution in [-0.2, 0) is 10.1 Å². The van der Waals surface area contributed by atoms with Crippen molar-refractivity contribution in [3.63, 3.8) is 0 Å². The van der Waals surface area contributed by atoms with Crippen LogP contribution in [0.5, 0.6) is 0 Å². The first-order chi connectivity index (χ1) is 9.95. The zero-order chi connectivity index (χ0) is 15.5. The summed E-state index contributed by atoms with van der Waals surface area (Å²) >= 11 is 0. The summed E-state index contributed by atoms with van der Waals surface area (Å²) in [6, 6.07) is 12.2. The molecule has 3 N–H and O–H groups in total. The zero-order valence-electron chi connectivity index (χ0n) is 10.9. The number of para-hydroxylation sites is 1. The molecule has 0 bridgehead atoms. The van der Waals surface area contributed by atoms with Gasteiger partial charge in [-0.1, -0.05) is 36.4 Å². The van der Waals surface area contributed by atoms with Crippen molar-refractivity contribution < 1.29 is 22.9 Å². The Morgan fingerprint density at radius 2 is 1.71 bits per heavy atom. The van der Waals surface area contributed by atoms with Gasteiger partial charge in [-0.15, -0.1) is 0 Å². The monoisotopic (exact) mass is 307 g/mol. The number of aliphatic hydroxyl groups is 1. The minimum absolute atomic E-state index is 0.0466. The number of hydrogen-bond donors (Lipinski definition) is 3. The minimum Gasteiger partial charge on any atom is -0.377 e. The molecule has 0 radical (unpaired) electrons. The lowest BCUT2D eigenvalue weighted by Gasteiger charge is -2.13. The lowest BCUT2D eigenvalue weighted by Crippen LogP contribution is -2.13. The molecule has 0 spiro atoms. The van der Waals surface area contributed by atoms with Crippen molar-refractivity contribution in [2.75, 3.05) is 12.0 Å². The fourth-order valence-corrected chi connectivity index (χ4v) is 2.63. The first-order valence-electron chi connectivity index (χ1n) is 6.00. The summed E-state index contributed by atoms with van der Waals surface area (Å²) < 4.78 is 31.9. The van der Waals surface area contributed by atoms with Crippen LogP contribution in [0.1, 0.15) is 15.9 Å². The van der Waals surface area contributed by atoms with E-state index in [1.165, 1.54) is 12.1 Å². The Morgan fingerprint density at radius 1 is 1.05 bits per heavy atom. The average Bonchev–Trinajstić information content (AvgIpc) is 2.47. The van der Waals surface area contributed by atoms with E-state index < -0.39 is 27.5 Å². The van der Waals surface area contributed by atoms with Crippen molar-refractivity contribution >= 4 is 21.6 Å². The highest BCUT2D eigenvalue weighted by molar-refractivity contribution is 7.86. The maximum absolute atomic E-state index is 12.4. The van der Waals surface area contributed by atoms with E-state index in [1.54, 1.807) is 30.3 Å². The Bertz CT molecular complexity index is 756. The number of benzene rings is 2. The van der Waals surface area contributed by atoms with Crippen LogP contribution in [0.3, 0.4) is 0 Å². The van der Waals surface area contributed by atoms with Crippen LogP contribution >= 0.6 is 0 Å². The zero-order valence-corrected chi connectivity index (χ0v) is 11.7. The Labute approximate surface area is 121 Å². The molecule has 0 amide bonds. The molecule has 0 aliphatic heterocycles. The third-order valence-corrected chi connectivity index (χ3v) is 3.74. The highest BCUT2D eigenvalue weighted by Crippen LogP contribution is 2.27. The van der Waals surface area contributed by atoms with Crippen molar-refractivity contribution in [1.29, 1.82) is 0 Å². The molecule has 2 rings (SSSR count). The maximum Gasteiger partial charge on any atom is 0.296 e. The topological polar surface area (TPSA) is 104 Å². The van der Waals surface area contributed by atoms with Gasteiger partial charge in [0, 0.05) is 11.1 Å². The van der Waals surface area contributed by atoms with Crippen LogP contribution in [-0.4, -0.2) is 30.6 Å². The molecule has 0 atom stereocenters. The summed E-state index contributed by atoms with van der Waals surface area (Å²) in [7, 11) is -4.52. The second-order valence-electron chi connectivity index (χ2n) is 4.18. The van der Waals surface area contributed by atoms with Gasteiger partial charge in [-0.2, -0.15) is 8.42 Å². The fourth-order valence-electron chi connectivity index (χ4n) is 1.94. The highest BCUT2D eigenvalue weighted by atomic mass is 32.2. The standard InChI is InChI=1S/C14H13NO5S/c16-9-15-13-11(7-4-8-12(13)21(18,19)20)14(17)10-5-2-1-3-6-10/h1-8,15-16H,9H2,(H,18,19,20). The lowest BCUT2D eigenvalue weighted by atomic mass is 10.0. The van der Waals surface area contributed by atoms with Gasteiger partial charge in [-0.25, -0.2) is 0 Å². The molecule has 2 aromatic carbocycles. The lowest BCUT2D eigenvalue weighted by molar-refractivity contribution is 0.103. The van der Waals surface area contributed by atoms with Gasteiger partial charge in [-0.3, -0.25) is 9.35 Å². The number of carbonyl (C=O) groups is 1. The molecule has 7 heteroatoms. The first kappa shape index (κ1) is 15.2. The highest BCUT2D eigenvalue weighted by Gasteiger charge is 2.22. The van der Waals surface area contributed by atoms with E-state index in [-0.39, 0.29) is 11.3 Å². The van der Waals surface area contributed by atoms with Gasteiger partial charge >= 0.3 is 0 Å². The molecule has 0 aromatic heterocycles. The van der Waals surface area contributed by atoms with E-state index >= 15 is 0 Å². The van der Waals surface area contributed by atoms with Crippen molar-refractivity contribution in [2.24, 2.45) is 0 Å². The van der Waals surface area contributed by atoms with Crippen molar-refractivity contribution in [3.05, 3.63) is 59.7 Å². The molecule has 0 saturated carbocycles. The van der Waals surface area contributed by atoms with Crippen LogP contribution in [0.25, 0.3) is 0 Å². The Kier molecular flexibility index (Phi) is 4.37. The number of hydrogen-bond acceptors (Lipinski definition) is 5. The first-order valence-corrected chi connectivity index (χ1v) is 7.44. The summed E-state index contributed by atoms with van der Waals surface area (Å²) in [5.41, 5.74) is 0.285. The molecule has 0 fully saturated rings. The Balaban J connectivity index is 2.61. The molecular formula is C14H13NO5S. The van der Waals surface area contributed by atoms with Crippen LogP contribution < -0.4 is 5.32 Å². The summed E-state index contributed by atoms with van der Waals surface area (Å²) in [6.45, 7) is -0.582. The van der Waals surface area contributed by atoms with Gasteiger partial charge in [0.15, 0.2) is 5.78 Å². The molecule has 0 unspecified atom stereocenters. The number of ketones is 1. The second kappa shape index (κ2) is 6.04. The summed E-state index contributed by atoms with van der Waals surface area (Å²) in [6.07, 6.45) is 0. The molecule has 110 valence electrons. The van der Waals surface area contributed by atoms with Crippen molar-refractivity contribution in [2.45, 2.75) is 4.90 Å². The van der Waals surface area contributed by atoms with E-state index in [0.29, 0.717) is 5.56 Å². The molecule has 21 heavy (non-hydrogen) atoms. The quantitative estimate of drug-likeness (QED) is 0.439. The maximum atomic E-state index is 12.4. The molecular weight excluding hydrogens is 294 g/mol. The molecule has 0 saturated heterocycles. The number of nitrogens with one attached hydrogen (secondary N) is 1. The summed E-state index contributed by atoms with van der Waals surface area (Å²) in [5.74, 6) is -0.419. The third kappa shape index (κ3) is 3.27. The Morgan fingerprint density at radius 3 is 2.29 bits per heavy atom. The summed E-state index contributed by atoms with van der Waals surface area (Å²) in [4.78, 5) is 12.0. The number of anilines is 1. The van der Waals surface area contributed by atoms with Crippen LogP contribution in [0.15, 0.2) is 53.4 Å². The van der Waals surface area contributed by atoms with E-state index in [0.717, 1.165) is 6.07 Å². The van der Waals surface area contributed by atoms with Gasteiger partial charge in [-0.05, 0) is 12.1 Å². The van der Waals surface area contributed by atoms with Crippen LogP contribution in [0, 0.1) is 0 Å². The smallest absolute Gasteiger partial charge is 0.296 e. The van der Waals surface area contributed by atoms with Gasteiger partial charge < -0.3 is 10.4 Å². The molecule has 0 aliphatic carbocycles. The molecule has 6 nitrogen and oxygen atoms in total. The van der Waals surface area contributed by atoms with Crippen molar-refractivity contribution in [3.8, 4) is 0 Å². The largest absolute Gasteiger partial charge is 0.377 e.